The van der Waals surface area contributed by atoms with Gasteiger partial charge < -0.3 is 5.73 Å². The summed E-state index contributed by atoms with van der Waals surface area (Å²) in [7, 11) is 2.18. The quantitative estimate of drug-likeness (QED) is 0.866. The Labute approximate surface area is 112 Å². The highest BCUT2D eigenvalue weighted by molar-refractivity contribution is 5.31. The molecule has 0 aliphatic rings. The number of benzene rings is 1. The molecule has 0 aliphatic carbocycles. The molecule has 1 atom stereocenters. The largest absolute Gasteiger partial charge is 0.330 e. The lowest BCUT2D eigenvalue weighted by Crippen LogP contribution is -2.37. The monoisotopic (exact) mass is 248 g/mol. The molecule has 0 radical (unpaired) electrons. The van der Waals surface area contributed by atoms with E-state index in [2.05, 4.69) is 64.8 Å². The minimum atomic E-state index is 0.169. The Balaban J connectivity index is 2.80. The molecule has 2 N–H and O–H groups in total. The number of nitrogens with two attached hydrogens (primary N) is 1. The summed E-state index contributed by atoms with van der Waals surface area (Å²) in [5.41, 5.74) is 10.1. The van der Waals surface area contributed by atoms with Crippen molar-refractivity contribution in [1.82, 2.24) is 4.90 Å². The van der Waals surface area contributed by atoms with Crippen LogP contribution < -0.4 is 5.73 Å². The van der Waals surface area contributed by atoms with Gasteiger partial charge in [-0.1, -0.05) is 32.0 Å². The molecule has 0 aromatic heterocycles. The molecular weight excluding hydrogens is 220 g/mol. The highest BCUT2D eigenvalue weighted by atomic mass is 15.1. The first-order chi connectivity index (χ1) is 8.26. The van der Waals surface area contributed by atoms with E-state index >= 15 is 0 Å². The van der Waals surface area contributed by atoms with Gasteiger partial charge in [0.2, 0.25) is 0 Å². The van der Waals surface area contributed by atoms with Gasteiger partial charge in [0.05, 0.1) is 0 Å². The van der Waals surface area contributed by atoms with E-state index in [0.717, 1.165) is 13.1 Å². The Morgan fingerprint density at radius 1 is 1.22 bits per heavy atom. The number of aryl methyl sites for hydroxylation is 2. The van der Waals surface area contributed by atoms with Crippen molar-refractivity contribution >= 4 is 0 Å². The maximum atomic E-state index is 5.81. The first-order valence-corrected chi connectivity index (χ1v) is 6.74. The van der Waals surface area contributed by atoms with Crippen LogP contribution in [0.5, 0.6) is 0 Å². The summed E-state index contributed by atoms with van der Waals surface area (Å²) in [6, 6.07) is 7.17. The predicted octanol–water partition coefficient (Wildman–Crippen LogP) is 3.28. The van der Waals surface area contributed by atoms with Crippen molar-refractivity contribution in [3.8, 4) is 0 Å². The summed E-state index contributed by atoms with van der Waals surface area (Å²) >= 11 is 0. The zero-order chi connectivity index (χ0) is 13.9. The second-order valence-electron chi connectivity index (χ2n) is 6.30. The van der Waals surface area contributed by atoms with Crippen LogP contribution in [-0.4, -0.2) is 25.0 Å². The Hall–Kier alpha value is -0.860. The minimum absolute atomic E-state index is 0.169. The fraction of sp³-hybridized carbons (Fsp3) is 0.625. The highest BCUT2D eigenvalue weighted by Crippen LogP contribution is 2.24. The molecule has 2 nitrogen and oxygen atoms in total. The molecule has 0 bridgehead atoms. The third kappa shape index (κ3) is 3.82. The average molecular weight is 248 g/mol. The topological polar surface area (TPSA) is 29.3 Å². The van der Waals surface area contributed by atoms with Crippen LogP contribution in [0, 0.1) is 19.3 Å². The fourth-order valence-electron chi connectivity index (χ4n) is 2.16. The fourth-order valence-corrected chi connectivity index (χ4v) is 2.16. The average Bonchev–Trinajstić information content (AvgIpc) is 2.31. The molecular formula is C16H28N2. The molecule has 0 saturated heterocycles. The van der Waals surface area contributed by atoms with Gasteiger partial charge in [-0.15, -0.1) is 0 Å². The van der Waals surface area contributed by atoms with Crippen LogP contribution in [0.15, 0.2) is 18.2 Å². The van der Waals surface area contributed by atoms with Crippen LogP contribution in [0.4, 0.5) is 0 Å². The van der Waals surface area contributed by atoms with E-state index in [1.54, 1.807) is 0 Å². The van der Waals surface area contributed by atoms with Crippen molar-refractivity contribution in [2.24, 2.45) is 11.1 Å². The molecule has 1 aromatic rings. The maximum Gasteiger partial charge on any atom is 0.0317 e. The van der Waals surface area contributed by atoms with Gasteiger partial charge in [-0.2, -0.15) is 0 Å². The molecule has 1 aromatic carbocycles. The van der Waals surface area contributed by atoms with E-state index in [0.29, 0.717) is 6.04 Å². The lowest BCUT2D eigenvalue weighted by molar-refractivity contribution is 0.174. The third-order valence-electron chi connectivity index (χ3n) is 3.90. The first kappa shape index (κ1) is 15.2. The van der Waals surface area contributed by atoms with Crippen molar-refractivity contribution in [2.75, 3.05) is 20.1 Å². The van der Waals surface area contributed by atoms with Crippen molar-refractivity contribution in [3.05, 3.63) is 34.9 Å². The van der Waals surface area contributed by atoms with Crippen molar-refractivity contribution < 1.29 is 0 Å². The second-order valence-corrected chi connectivity index (χ2v) is 6.30. The third-order valence-corrected chi connectivity index (χ3v) is 3.90. The van der Waals surface area contributed by atoms with Crippen LogP contribution in [0.2, 0.25) is 0 Å². The summed E-state index contributed by atoms with van der Waals surface area (Å²) in [5, 5.41) is 0. The zero-order valence-electron chi connectivity index (χ0n) is 12.7. The normalized spacial score (nSPS) is 14.0. The van der Waals surface area contributed by atoms with E-state index < -0.39 is 0 Å². The van der Waals surface area contributed by atoms with Gasteiger partial charge in [-0.25, -0.2) is 0 Å². The van der Waals surface area contributed by atoms with Crippen LogP contribution in [0.3, 0.4) is 0 Å². The standard InChI is InChI=1S/C16H28N2/c1-12-7-8-15(9-13(12)2)14(3)18(6)11-16(4,5)10-17/h7-9,14H,10-11,17H2,1-6H3. The number of hydrogen-bond acceptors (Lipinski definition) is 2. The molecule has 102 valence electrons. The molecule has 0 heterocycles. The summed E-state index contributed by atoms with van der Waals surface area (Å²) in [6.07, 6.45) is 0. The zero-order valence-corrected chi connectivity index (χ0v) is 12.7. The smallest absolute Gasteiger partial charge is 0.0317 e. The van der Waals surface area contributed by atoms with Crippen LogP contribution in [0.25, 0.3) is 0 Å². The van der Waals surface area contributed by atoms with E-state index in [-0.39, 0.29) is 5.41 Å². The number of hydrogen-bond donors (Lipinski definition) is 1. The number of rotatable bonds is 5. The minimum Gasteiger partial charge on any atom is -0.330 e. The molecule has 2 heteroatoms. The predicted molar refractivity (Wildman–Crippen MR) is 79.8 cm³/mol. The van der Waals surface area contributed by atoms with E-state index in [1.807, 2.05) is 0 Å². The van der Waals surface area contributed by atoms with Crippen molar-refractivity contribution in [2.45, 2.75) is 40.7 Å². The van der Waals surface area contributed by atoms with Crippen molar-refractivity contribution in [1.29, 1.82) is 0 Å². The van der Waals surface area contributed by atoms with Gasteiger partial charge >= 0.3 is 0 Å². The Morgan fingerprint density at radius 2 is 1.83 bits per heavy atom. The maximum absolute atomic E-state index is 5.81. The van der Waals surface area contributed by atoms with Crippen molar-refractivity contribution in [3.63, 3.8) is 0 Å². The summed E-state index contributed by atoms with van der Waals surface area (Å²) < 4.78 is 0. The molecule has 1 unspecified atom stereocenters. The van der Waals surface area contributed by atoms with E-state index in [4.69, 9.17) is 5.73 Å². The van der Waals surface area contributed by atoms with Crippen LogP contribution in [0.1, 0.15) is 43.5 Å². The van der Waals surface area contributed by atoms with Gasteiger partial charge in [0, 0.05) is 12.6 Å². The molecule has 0 spiro atoms. The SMILES string of the molecule is Cc1ccc(C(C)N(C)CC(C)(C)CN)cc1C. The summed E-state index contributed by atoms with van der Waals surface area (Å²) in [6.45, 7) is 12.8. The summed E-state index contributed by atoms with van der Waals surface area (Å²) in [4.78, 5) is 2.39. The van der Waals surface area contributed by atoms with Gasteiger partial charge in [-0.3, -0.25) is 4.90 Å². The van der Waals surface area contributed by atoms with Gasteiger partial charge in [0.25, 0.3) is 0 Å². The van der Waals surface area contributed by atoms with E-state index in [1.165, 1.54) is 16.7 Å². The number of nitrogens with zero attached hydrogens (tertiary/aromatic N) is 1. The first-order valence-electron chi connectivity index (χ1n) is 6.74. The van der Waals surface area contributed by atoms with Gasteiger partial charge in [0.1, 0.15) is 0 Å². The molecule has 1 rings (SSSR count). The van der Waals surface area contributed by atoms with Gasteiger partial charge in [0.15, 0.2) is 0 Å². The van der Waals surface area contributed by atoms with Crippen LogP contribution >= 0.6 is 0 Å². The molecule has 0 aliphatic heterocycles. The Bertz CT molecular complexity index is 396. The molecule has 0 amide bonds. The summed E-state index contributed by atoms with van der Waals surface area (Å²) in [5.74, 6) is 0. The molecule has 0 saturated carbocycles. The lowest BCUT2D eigenvalue weighted by atomic mass is 9.92. The molecule has 0 fully saturated rings. The van der Waals surface area contributed by atoms with E-state index in [9.17, 15) is 0 Å². The van der Waals surface area contributed by atoms with Gasteiger partial charge in [-0.05, 0) is 56.5 Å². The molecule has 18 heavy (non-hydrogen) atoms. The highest BCUT2D eigenvalue weighted by Gasteiger charge is 2.21. The Kier molecular flexibility index (Phi) is 4.94. The lowest BCUT2D eigenvalue weighted by Gasteiger charge is -2.33. The second kappa shape index (κ2) is 5.85. The van der Waals surface area contributed by atoms with Crippen LogP contribution in [-0.2, 0) is 0 Å². The Morgan fingerprint density at radius 3 is 2.33 bits per heavy atom.